The van der Waals surface area contributed by atoms with Crippen LogP contribution in [0.2, 0.25) is 0 Å². The van der Waals surface area contributed by atoms with Gasteiger partial charge in [0, 0.05) is 25.7 Å². The van der Waals surface area contributed by atoms with E-state index in [4.69, 9.17) is 0 Å². The molecule has 0 fully saturated rings. The molecule has 0 radical (unpaired) electrons. The molecule has 2 N–H and O–H groups in total. The van der Waals surface area contributed by atoms with E-state index in [1.54, 1.807) is 26.0 Å². The van der Waals surface area contributed by atoms with Crippen LogP contribution in [0.25, 0.3) is 0 Å². The summed E-state index contributed by atoms with van der Waals surface area (Å²) in [4.78, 5) is 6.37. The van der Waals surface area contributed by atoms with E-state index < -0.39 is 22.2 Å². The monoisotopic (exact) mass is 406 g/mol. The first-order valence-electron chi connectivity index (χ1n) is 8.44. The van der Waals surface area contributed by atoms with Crippen molar-refractivity contribution in [2.45, 2.75) is 39.5 Å². The van der Waals surface area contributed by atoms with Crippen molar-refractivity contribution in [3.05, 3.63) is 29.8 Å². The van der Waals surface area contributed by atoms with Crippen LogP contribution < -0.4 is 14.8 Å². The summed E-state index contributed by atoms with van der Waals surface area (Å²) >= 11 is 0. The average Bonchev–Trinajstić information content (AvgIpc) is 2.50. The van der Waals surface area contributed by atoms with Gasteiger partial charge in [-0.15, -0.1) is 0 Å². The maximum Gasteiger partial charge on any atom is 0.387 e. The van der Waals surface area contributed by atoms with Gasteiger partial charge in [-0.2, -0.15) is 8.78 Å². The van der Waals surface area contributed by atoms with Crippen LogP contribution in [0.15, 0.2) is 29.3 Å². The number of hydrogen-bond acceptors (Lipinski definition) is 4. The lowest BCUT2D eigenvalue weighted by Crippen LogP contribution is -2.46. The SMILES string of the molecule is CCNC(=NCC(C)(C)NS(C)(=O)=O)N(C)Cc1ccc(OC(F)F)cc1. The topological polar surface area (TPSA) is 83.0 Å². The summed E-state index contributed by atoms with van der Waals surface area (Å²) in [6, 6.07) is 6.37. The van der Waals surface area contributed by atoms with E-state index in [2.05, 4.69) is 19.8 Å². The normalized spacial score (nSPS) is 13.0. The van der Waals surface area contributed by atoms with Crippen molar-refractivity contribution in [1.82, 2.24) is 14.9 Å². The predicted octanol–water partition coefficient (Wildman–Crippen LogP) is 2.01. The number of alkyl halides is 2. The second-order valence-corrected chi connectivity index (χ2v) is 8.56. The van der Waals surface area contributed by atoms with Crippen molar-refractivity contribution in [1.29, 1.82) is 0 Å². The first-order valence-corrected chi connectivity index (χ1v) is 10.3. The van der Waals surface area contributed by atoms with Gasteiger partial charge in [-0.25, -0.2) is 13.1 Å². The Kier molecular flexibility index (Phi) is 8.42. The van der Waals surface area contributed by atoms with Crippen molar-refractivity contribution in [2.75, 3.05) is 26.4 Å². The van der Waals surface area contributed by atoms with Crippen molar-refractivity contribution < 1.29 is 21.9 Å². The molecule has 27 heavy (non-hydrogen) atoms. The zero-order valence-corrected chi connectivity index (χ0v) is 17.1. The molecule has 10 heteroatoms. The van der Waals surface area contributed by atoms with Crippen LogP contribution in [0, 0.1) is 0 Å². The molecule has 0 aliphatic carbocycles. The van der Waals surface area contributed by atoms with Crippen LogP contribution >= 0.6 is 0 Å². The number of nitrogens with zero attached hydrogens (tertiary/aromatic N) is 2. The Bertz CT molecular complexity index is 722. The minimum atomic E-state index is -3.34. The summed E-state index contributed by atoms with van der Waals surface area (Å²) in [5.41, 5.74) is 0.154. The highest BCUT2D eigenvalue weighted by Crippen LogP contribution is 2.16. The van der Waals surface area contributed by atoms with E-state index in [-0.39, 0.29) is 12.3 Å². The first-order chi connectivity index (χ1) is 12.4. The third-order valence-electron chi connectivity index (χ3n) is 3.35. The van der Waals surface area contributed by atoms with Crippen LogP contribution in [-0.2, 0) is 16.6 Å². The zero-order chi connectivity index (χ0) is 20.7. The molecule has 0 heterocycles. The Hall–Kier alpha value is -1.94. The lowest BCUT2D eigenvalue weighted by Gasteiger charge is -2.26. The summed E-state index contributed by atoms with van der Waals surface area (Å²) in [7, 11) is -1.51. The largest absolute Gasteiger partial charge is 0.435 e. The molecule has 0 amide bonds. The highest BCUT2D eigenvalue weighted by atomic mass is 32.2. The molecule has 154 valence electrons. The molecule has 0 spiro atoms. The van der Waals surface area contributed by atoms with E-state index in [0.29, 0.717) is 19.0 Å². The van der Waals surface area contributed by atoms with Gasteiger partial charge >= 0.3 is 6.61 Å². The number of hydrogen-bond donors (Lipinski definition) is 2. The number of guanidine groups is 1. The van der Waals surface area contributed by atoms with Gasteiger partial charge < -0.3 is 15.0 Å². The summed E-state index contributed by atoms with van der Waals surface area (Å²) in [6.45, 7) is 3.96. The van der Waals surface area contributed by atoms with Gasteiger partial charge in [0.1, 0.15) is 5.75 Å². The fourth-order valence-electron chi connectivity index (χ4n) is 2.40. The van der Waals surface area contributed by atoms with Gasteiger partial charge in [0.15, 0.2) is 5.96 Å². The fourth-order valence-corrected chi connectivity index (χ4v) is 3.47. The summed E-state index contributed by atoms with van der Waals surface area (Å²) in [5, 5.41) is 3.15. The number of nitrogens with one attached hydrogen (secondary N) is 2. The Morgan fingerprint density at radius 1 is 1.30 bits per heavy atom. The molecule has 0 aromatic heterocycles. The molecule has 1 rings (SSSR count). The number of rotatable bonds is 9. The second-order valence-electron chi connectivity index (χ2n) is 6.81. The highest BCUT2D eigenvalue weighted by molar-refractivity contribution is 7.88. The third kappa shape index (κ3) is 9.53. The minimum absolute atomic E-state index is 0.102. The van der Waals surface area contributed by atoms with Crippen LogP contribution in [0.1, 0.15) is 26.3 Å². The van der Waals surface area contributed by atoms with Crippen molar-refractivity contribution in [3.63, 3.8) is 0 Å². The number of benzene rings is 1. The van der Waals surface area contributed by atoms with Crippen LogP contribution in [-0.4, -0.2) is 57.8 Å². The maximum absolute atomic E-state index is 12.2. The van der Waals surface area contributed by atoms with Gasteiger partial charge in [-0.3, -0.25) is 4.99 Å². The first kappa shape index (κ1) is 23.1. The number of halogens is 2. The van der Waals surface area contributed by atoms with Gasteiger partial charge in [0.05, 0.1) is 12.8 Å². The number of sulfonamides is 1. The van der Waals surface area contributed by atoms with E-state index in [0.717, 1.165) is 11.8 Å². The lowest BCUT2D eigenvalue weighted by atomic mass is 10.1. The van der Waals surface area contributed by atoms with E-state index in [1.165, 1.54) is 12.1 Å². The maximum atomic E-state index is 12.2. The molecule has 0 bridgehead atoms. The van der Waals surface area contributed by atoms with Gasteiger partial charge in [-0.1, -0.05) is 12.1 Å². The van der Waals surface area contributed by atoms with Gasteiger partial charge in [0.2, 0.25) is 10.0 Å². The Labute approximate surface area is 159 Å². The van der Waals surface area contributed by atoms with Gasteiger partial charge in [0.25, 0.3) is 0 Å². The molecule has 0 aliphatic heterocycles. The fraction of sp³-hybridized carbons (Fsp3) is 0.588. The summed E-state index contributed by atoms with van der Waals surface area (Å²) < 4.78 is 54.2. The number of aliphatic imine (C=N–C) groups is 1. The van der Waals surface area contributed by atoms with Crippen molar-refractivity contribution >= 4 is 16.0 Å². The Morgan fingerprint density at radius 3 is 2.37 bits per heavy atom. The molecular weight excluding hydrogens is 378 g/mol. The molecule has 1 aromatic rings. The minimum Gasteiger partial charge on any atom is -0.435 e. The molecule has 0 atom stereocenters. The molecule has 0 aliphatic rings. The lowest BCUT2D eigenvalue weighted by molar-refractivity contribution is -0.0498. The van der Waals surface area contributed by atoms with E-state index >= 15 is 0 Å². The van der Waals surface area contributed by atoms with Crippen LogP contribution in [0.5, 0.6) is 5.75 Å². The smallest absolute Gasteiger partial charge is 0.387 e. The van der Waals surface area contributed by atoms with Crippen molar-refractivity contribution in [2.24, 2.45) is 4.99 Å². The zero-order valence-electron chi connectivity index (χ0n) is 16.3. The summed E-state index contributed by atoms with van der Waals surface area (Å²) in [5.74, 6) is 0.708. The highest BCUT2D eigenvalue weighted by Gasteiger charge is 2.22. The van der Waals surface area contributed by atoms with Crippen LogP contribution in [0.4, 0.5) is 8.78 Å². The predicted molar refractivity (Wildman–Crippen MR) is 103 cm³/mol. The van der Waals surface area contributed by atoms with Crippen molar-refractivity contribution in [3.8, 4) is 5.75 Å². The summed E-state index contributed by atoms with van der Waals surface area (Å²) in [6.07, 6.45) is 1.11. The molecular formula is C17H28F2N4O3S. The molecule has 0 unspecified atom stereocenters. The Balaban J connectivity index is 2.81. The van der Waals surface area contributed by atoms with Crippen LogP contribution in [0.3, 0.4) is 0 Å². The van der Waals surface area contributed by atoms with E-state index in [1.807, 2.05) is 18.9 Å². The third-order valence-corrected chi connectivity index (χ3v) is 4.27. The molecule has 0 saturated carbocycles. The standard InChI is InChI=1S/C17H28F2N4O3S/c1-6-20-16(21-12-17(2,3)22-27(5,24)25)23(4)11-13-7-9-14(10-8-13)26-15(18)19/h7-10,15,22H,6,11-12H2,1-5H3,(H,20,21). The molecule has 1 aromatic carbocycles. The number of ether oxygens (including phenoxy) is 1. The average molecular weight is 406 g/mol. The molecule has 7 nitrogen and oxygen atoms in total. The Morgan fingerprint density at radius 2 is 1.89 bits per heavy atom. The molecule has 0 saturated heterocycles. The second kappa shape index (κ2) is 9.84. The van der Waals surface area contributed by atoms with Gasteiger partial charge in [-0.05, 0) is 38.5 Å². The quantitative estimate of drug-likeness (QED) is 0.484. The van der Waals surface area contributed by atoms with E-state index in [9.17, 15) is 17.2 Å².